The number of aliphatic hydroxyl groups is 2. The summed E-state index contributed by atoms with van der Waals surface area (Å²) in [4.78, 5) is 25.8. The number of allylic oxidation sites excluding steroid dienone is 6. The average Bonchev–Trinajstić information content (AvgIpc) is 3.10. The van der Waals surface area contributed by atoms with E-state index in [9.17, 15) is 19.8 Å². The molecule has 0 rings (SSSR count). The first-order valence-corrected chi connectivity index (χ1v) is 21.2. The van der Waals surface area contributed by atoms with Crippen molar-refractivity contribution in [2.24, 2.45) is 0 Å². The molecule has 1 amide bonds. The van der Waals surface area contributed by atoms with Gasteiger partial charge in [-0.05, 0) is 64.2 Å². The maximum Gasteiger partial charge on any atom is 0.306 e. The van der Waals surface area contributed by atoms with Gasteiger partial charge in [0, 0.05) is 6.42 Å². The van der Waals surface area contributed by atoms with Gasteiger partial charge in [-0.2, -0.15) is 0 Å². The van der Waals surface area contributed by atoms with Crippen LogP contribution in [0.3, 0.4) is 0 Å². The quantitative estimate of drug-likeness (QED) is 0.0340. The van der Waals surface area contributed by atoms with Crippen LogP contribution in [0.1, 0.15) is 207 Å². The molecule has 3 N–H and O–H groups in total. The molecule has 0 spiro atoms. The van der Waals surface area contributed by atoms with E-state index in [2.05, 4.69) is 56.5 Å². The number of unbranched alkanes of at least 4 members (excludes halogenated alkanes) is 19. The molecule has 0 aromatic rings. The molecule has 0 fully saturated rings. The maximum atomic E-state index is 13.0. The van der Waals surface area contributed by atoms with E-state index in [0.717, 1.165) is 70.6 Å². The molecule has 6 heteroatoms. The molecule has 0 bridgehead atoms. The van der Waals surface area contributed by atoms with E-state index >= 15 is 0 Å². The van der Waals surface area contributed by atoms with Crippen molar-refractivity contribution in [3.63, 3.8) is 0 Å². The lowest BCUT2D eigenvalue weighted by Gasteiger charge is -2.24. The molecule has 292 valence electrons. The molecule has 0 saturated carbocycles. The van der Waals surface area contributed by atoms with Gasteiger partial charge in [0.05, 0.1) is 25.2 Å². The Morgan fingerprint density at radius 3 is 1.64 bits per heavy atom. The Morgan fingerprint density at radius 1 is 0.580 bits per heavy atom. The minimum Gasteiger partial charge on any atom is -0.462 e. The van der Waals surface area contributed by atoms with Crippen molar-refractivity contribution in [3.8, 4) is 0 Å². The first-order chi connectivity index (χ1) is 24.5. The lowest BCUT2D eigenvalue weighted by Crippen LogP contribution is -2.46. The Kier molecular flexibility index (Phi) is 36.8. The third-order valence-corrected chi connectivity index (χ3v) is 9.44. The highest BCUT2D eigenvalue weighted by Crippen LogP contribution is 2.16. The number of rotatable bonds is 37. The molecule has 0 aromatic heterocycles. The highest BCUT2D eigenvalue weighted by atomic mass is 16.5. The number of amides is 1. The molecular weight excluding hydrogens is 622 g/mol. The molecule has 0 heterocycles. The summed E-state index contributed by atoms with van der Waals surface area (Å²) in [5, 5.41) is 23.5. The summed E-state index contributed by atoms with van der Waals surface area (Å²) in [6.45, 7) is 6.35. The van der Waals surface area contributed by atoms with Crippen LogP contribution in [0.15, 0.2) is 36.5 Å². The molecule has 6 nitrogen and oxygen atoms in total. The Balaban J connectivity index is 4.62. The lowest BCUT2D eigenvalue weighted by atomic mass is 10.0. The van der Waals surface area contributed by atoms with Crippen molar-refractivity contribution in [1.82, 2.24) is 5.32 Å². The Labute approximate surface area is 309 Å². The first-order valence-electron chi connectivity index (χ1n) is 21.2. The number of carbonyl (C=O) groups is 2. The molecule has 3 unspecified atom stereocenters. The fraction of sp³-hybridized carbons (Fsp3) is 0.818. The average molecular weight is 704 g/mol. The van der Waals surface area contributed by atoms with Crippen molar-refractivity contribution in [2.75, 3.05) is 6.61 Å². The molecule has 0 aliphatic carbocycles. The van der Waals surface area contributed by atoms with E-state index in [4.69, 9.17) is 4.74 Å². The summed E-state index contributed by atoms with van der Waals surface area (Å²) in [5.41, 5.74) is 0. The normalized spacial score (nSPS) is 13.8. The topological polar surface area (TPSA) is 95.9 Å². The zero-order valence-corrected chi connectivity index (χ0v) is 33.0. The van der Waals surface area contributed by atoms with Crippen LogP contribution in [-0.2, 0) is 14.3 Å². The minimum atomic E-state index is -0.795. The minimum absolute atomic E-state index is 0.0445. The number of ether oxygens (including phenoxy) is 1. The third kappa shape index (κ3) is 33.2. The van der Waals surface area contributed by atoms with Crippen LogP contribution in [-0.4, -0.2) is 46.9 Å². The van der Waals surface area contributed by atoms with Gasteiger partial charge in [0.2, 0.25) is 5.91 Å². The van der Waals surface area contributed by atoms with Gasteiger partial charge in [0.1, 0.15) is 6.10 Å². The van der Waals surface area contributed by atoms with Gasteiger partial charge in [-0.25, -0.2) is 0 Å². The molecule has 0 aliphatic heterocycles. The van der Waals surface area contributed by atoms with Gasteiger partial charge < -0.3 is 20.3 Å². The first kappa shape index (κ1) is 48.1. The SMILES string of the molecule is CCC/C=C\CCCCCC(CC(=O)NC(CO)C(O)CCCCCCCCCCCC)OC(=O)CC/C=C/C/C=C\CCCCCCCC. The molecule has 0 aromatic carbocycles. The van der Waals surface area contributed by atoms with Crippen molar-refractivity contribution >= 4 is 11.9 Å². The number of nitrogens with one attached hydrogen (secondary N) is 1. The van der Waals surface area contributed by atoms with Gasteiger partial charge >= 0.3 is 5.97 Å². The van der Waals surface area contributed by atoms with Crippen molar-refractivity contribution < 1.29 is 24.5 Å². The number of carbonyl (C=O) groups excluding carboxylic acids is 2. The Morgan fingerprint density at radius 2 is 1.06 bits per heavy atom. The van der Waals surface area contributed by atoms with E-state index in [0.29, 0.717) is 19.3 Å². The highest BCUT2D eigenvalue weighted by molar-refractivity contribution is 5.77. The van der Waals surface area contributed by atoms with Crippen LogP contribution in [0.25, 0.3) is 0 Å². The summed E-state index contributed by atoms with van der Waals surface area (Å²) in [5.74, 6) is -0.576. The second kappa shape index (κ2) is 38.3. The summed E-state index contributed by atoms with van der Waals surface area (Å²) in [6, 6.07) is -0.711. The Bertz CT molecular complexity index is 838. The van der Waals surface area contributed by atoms with Crippen molar-refractivity contribution in [1.29, 1.82) is 0 Å². The predicted octanol–water partition coefficient (Wildman–Crippen LogP) is 11.8. The van der Waals surface area contributed by atoms with Crippen LogP contribution in [0, 0.1) is 0 Å². The molecular formula is C44H81NO5. The number of hydrogen-bond acceptors (Lipinski definition) is 5. The zero-order chi connectivity index (χ0) is 36.8. The lowest BCUT2D eigenvalue weighted by molar-refractivity contribution is -0.150. The highest BCUT2D eigenvalue weighted by Gasteiger charge is 2.23. The fourth-order valence-electron chi connectivity index (χ4n) is 6.19. The van der Waals surface area contributed by atoms with E-state index in [1.807, 2.05) is 6.08 Å². The summed E-state index contributed by atoms with van der Waals surface area (Å²) < 4.78 is 5.82. The fourth-order valence-corrected chi connectivity index (χ4v) is 6.19. The van der Waals surface area contributed by atoms with Crippen molar-refractivity contribution in [3.05, 3.63) is 36.5 Å². The largest absolute Gasteiger partial charge is 0.462 e. The standard InChI is InChI=1S/C44H81NO5/c1-4-7-10-13-16-19-21-22-23-25-28-31-34-37-44(49)50-40(35-32-29-26-18-15-12-9-6-3)38-43(48)45-41(39-46)42(47)36-33-30-27-24-20-17-14-11-8-5-2/h12,15,22-23,28,31,40-42,46-47H,4-11,13-14,16-21,24-27,29-30,32-39H2,1-3H3,(H,45,48)/b15-12-,23-22-,31-28+. The summed E-state index contributed by atoms with van der Waals surface area (Å²) in [7, 11) is 0. The third-order valence-electron chi connectivity index (χ3n) is 9.44. The van der Waals surface area contributed by atoms with E-state index in [-0.39, 0.29) is 31.3 Å². The van der Waals surface area contributed by atoms with Crippen LogP contribution >= 0.6 is 0 Å². The monoisotopic (exact) mass is 704 g/mol. The second-order valence-electron chi connectivity index (χ2n) is 14.4. The predicted molar refractivity (Wildman–Crippen MR) is 213 cm³/mol. The van der Waals surface area contributed by atoms with E-state index in [1.54, 1.807) is 0 Å². The second-order valence-corrected chi connectivity index (χ2v) is 14.4. The molecule has 0 saturated heterocycles. The molecule has 0 aliphatic rings. The number of hydrogen-bond donors (Lipinski definition) is 3. The van der Waals surface area contributed by atoms with Crippen LogP contribution in [0.5, 0.6) is 0 Å². The molecule has 50 heavy (non-hydrogen) atoms. The van der Waals surface area contributed by atoms with Crippen LogP contribution in [0.4, 0.5) is 0 Å². The Hall–Kier alpha value is -1.92. The molecule has 3 atom stereocenters. The van der Waals surface area contributed by atoms with E-state index < -0.39 is 18.2 Å². The van der Waals surface area contributed by atoms with Crippen molar-refractivity contribution in [2.45, 2.75) is 225 Å². The van der Waals surface area contributed by atoms with E-state index in [1.165, 1.54) is 83.5 Å². The summed E-state index contributed by atoms with van der Waals surface area (Å²) in [6.07, 6.45) is 42.2. The zero-order valence-electron chi connectivity index (χ0n) is 33.0. The summed E-state index contributed by atoms with van der Waals surface area (Å²) >= 11 is 0. The van der Waals surface area contributed by atoms with Gasteiger partial charge in [0.15, 0.2) is 0 Å². The van der Waals surface area contributed by atoms with Gasteiger partial charge in [-0.15, -0.1) is 0 Å². The number of esters is 1. The molecule has 0 radical (unpaired) electrons. The van der Waals surface area contributed by atoms with Gasteiger partial charge in [-0.1, -0.05) is 166 Å². The smallest absolute Gasteiger partial charge is 0.306 e. The van der Waals surface area contributed by atoms with Crippen LogP contribution in [0.2, 0.25) is 0 Å². The number of aliphatic hydroxyl groups excluding tert-OH is 2. The van der Waals surface area contributed by atoms with Crippen LogP contribution < -0.4 is 5.32 Å². The van der Waals surface area contributed by atoms with Gasteiger partial charge in [0.25, 0.3) is 0 Å². The van der Waals surface area contributed by atoms with Gasteiger partial charge in [-0.3, -0.25) is 9.59 Å². The maximum absolute atomic E-state index is 13.0.